The van der Waals surface area contributed by atoms with Crippen LogP contribution in [0, 0.1) is 11.3 Å². The topological polar surface area (TPSA) is 59.3 Å². The summed E-state index contributed by atoms with van der Waals surface area (Å²) in [6.45, 7) is -3.26. The largest absolute Gasteiger partial charge is 0.465 e. The summed E-state index contributed by atoms with van der Waals surface area (Å²) in [5.41, 5.74) is -6.09. The summed E-state index contributed by atoms with van der Waals surface area (Å²) in [4.78, 5) is 10.7. The van der Waals surface area contributed by atoms with Crippen LogP contribution in [-0.2, 0) is 4.74 Å². The molecule has 21 heavy (non-hydrogen) atoms. The number of ether oxygens (including phenoxy) is 2. The molecule has 0 saturated heterocycles. The third-order valence-corrected chi connectivity index (χ3v) is 2.91. The van der Waals surface area contributed by atoms with Gasteiger partial charge in [0.25, 0.3) is 0 Å². The van der Waals surface area contributed by atoms with Gasteiger partial charge in [0.1, 0.15) is 11.8 Å². The average molecular weight is 327 g/mol. The van der Waals surface area contributed by atoms with Crippen molar-refractivity contribution in [2.75, 3.05) is 7.11 Å². The van der Waals surface area contributed by atoms with E-state index in [1.807, 2.05) is 0 Å². The standard InChI is InChI=1S/C11H6F5NO3S/c1-19-9(18)7-3-6(20-10(12)13)2-5(4-17)8(7)21-11(14,15)16/h2-3,10H,1H3. The molecule has 4 nitrogen and oxygen atoms in total. The van der Waals surface area contributed by atoms with Crippen LogP contribution >= 0.6 is 11.8 Å². The zero-order valence-electron chi connectivity index (χ0n) is 10.2. The molecule has 0 bridgehead atoms. The highest BCUT2D eigenvalue weighted by Gasteiger charge is 2.34. The molecule has 0 radical (unpaired) electrons. The van der Waals surface area contributed by atoms with Crippen molar-refractivity contribution in [3.8, 4) is 11.8 Å². The van der Waals surface area contributed by atoms with Crippen LogP contribution in [0.2, 0.25) is 0 Å². The lowest BCUT2D eigenvalue weighted by molar-refractivity contribution is -0.0500. The first-order chi connectivity index (χ1) is 9.67. The number of nitrogens with zero attached hydrogens (tertiary/aromatic N) is 1. The summed E-state index contributed by atoms with van der Waals surface area (Å²) in [5.74, 6) is -1.83. The van der Waals surface area contributed by atoms with Crippen molar-refractivity contribution in [3.05, 3.63) is 23.3 Å². The fourth-order valence-corrected chi connectivity index (χ4v) is 2.04. The molecule has 0 aliphatic rings. The first-order valence-electron chi connectivity index (χ1n) is 5.05. The van der Waals surface area contributed by atoms with Gasteiger partial charge in [0.15, 0.2) is 0 Å². The Kier molecular flexibility index (Phi) is 5.37. The molecule has 0 aliphatic carbocycles. The third-order valence-electron chi connectivity index (χ3n) is 2.03. The number of halogens is 5. The van der Waals surface area contributed by atoms with Gasteiger partial charge < -0.3 is 9.47 Å². The predicted octanol–water partition coefficient (Wildman–Crippen LogP) is 3.56. The maximum absolute atomic E-state index is 12.5. The van der Waals surface area contributed by atoms with Gasteiger partial charge in [0, 0.05) is 4.90 Å². The Balaban J connectivity index is 3.45. The number of alkyl halides is 5. The minimum atomic E-state index is -4.78. The number of hydrogen-bond acceptors (Lipinski definition) is 5. The van der Waals surface area contributed by atoms with Crippen molar-refractivity contribution >= 4 is 17.7 Å². The van der Waals surface area contributed by atoms with Crippen molar-refractivity contribution in [1.82, 2.24) is 0 Å². The molecule has 0 aromatic heterocycles. The van der Waals surface area contributed by atoms with Crippen molar-refractivity contribution < 1.29 is 36.2 Å². The van der Waals surface area contributed by atoms with Crippen LogP contribution in [0.15, 0.2) is 17.0 Å². The Bertz CT molecular complexity index is 582. The van der Waals surface area contributed by atoms with Crippen LogP contribution in [0.25, 0.3) is 0 Å². The van der Waals surface area contributed by atoms with Gasteiger partial charge in [-0.05, 0) is 23.9 Å². The van der Waals surface area contributed by atoms with Gasteiger partial charge in [-0.3, -0.25) is 0 Å². The molecule has 0 amide bonds. The van der Waals surface area contributed by atoms with E-state index in [1.165, 1.54) is 6.07 Å². The lowest BCUT2D eigenvalue weighted by atomic mass is 10.1. The fourth-order valence-electron chi connectivity index (χ4n) is 1.34. The first kappa shape index (κ1) is 17.0. The van der Waals surface area contributed by atoms with Crippen LogP contribution in [0.1, 0.15) is 15.9 Å². The first-order valence-corrected chi connectivity index (χ1v) is 5.86. The molecule has 1 aromatic rings. The van der Waals surface area contributed by atoms with Crippen LogP contribution in [0.5, 0.6) is 5.75 Å². The number of benzene rings is 1. The van der Waals surface area contributed by atoms with Gasteiger partial charge in [-0.2, -0.15) is 27.2 Å². The van der Waals surface area contributed by atoms with E-state index in [1.54, 1.807) is 0 Å². The normalized spacial score (nSPS) is 11.1. The Morgan fingerprint density at radius 2 is 2.00 bits per heavy atom. The van der Waals surface area contributed by atoms with E-state index in [4.69, 9.17) is 5.26 Å². The average Bonchev–Trinajstić information content (AvgIpc) is 2.36. The minimum Gasteiger partial charge on any atom is -0.465 e. The Morgan fingerprint density at radius 1 is 1.38 bits per heavy atom. The van der Waals surface area contributed by atoms with E-state index in [0.29, 0.717) is 12.1 Å². The zero-order valence-corrected chi connectivity index (χ0v) is 11.0. The van der Waals surface area contributed by atoms with E-state index >= 15 is 0 Å². The number of methoxy groups -OCH3 is 1. The monoisotopic (exact) mass is 327 g/mol. The molecule has 0 saturated carbocycles. The summed E-state index contributed by atoms with van der Waals surface area (Å²) < 4.78 is 69.9. The molecule has 0 fully saturated rings. The van der Waals surface area contributed by atoms with Gasteiger partial charge in [0.2, 0.25) is 0 Å². The van der Waals surface area contributed by atoms with Crippen LogP contribution in [-0.4, -0.2) is 25.2 Å². The molecule has 0 N–H and O–H groups in total. The van der Waals surface area contributed by atoms with Gasteiger partial charge in [0.05, 0.1) is 18.2 Å². The molecule has 1 aromatic carbocycles. The summed E-state index contributed by atoms with van der Waals surface area (Å²) in [6, 6.07) is 2.74. The molecule has 1 rings (SSSR count). The van der Waals surface area contributed by atoms with Crippen molar-refractivity contribution in [2.45, 2.75) is 17.0 Å². The molecular formula is C11H6F5NO3S. The number of thioether (sulfide) groups is 1. The molecule has 10 heteroatoms. The summed E-state index contributed by atoms with van der Waals surface area (Å²) in [7, 11) is 0.900. The van der Waals surface area contributed by atoms with Crippen molar-refractivity contribution in [1.29, 1.82) is 5.26 Å². The zero-order chi connectivity index (χ0) is 16.2. The maximum atomic E-state index is 12.5. The number of hydrogen-bond donors (Lipinski definition) is 0. The molecule has 0 unspecified atom stereocenters. The highest BCUT2D eigenvalue weighted by Crippen LogP contribution is 2.42. The number of rotatable bonds is 4. The Labute approximate surface area is 119 Å². The molecule has 0 aliphatic heterocycles. The van der Waals surface area contributed by atoms with Crippen LogP contribution in [0.4, 0.5) is 22.0 Å². The molecule has 114 valence electrons. The quantitative estimate of drug-likeness (QED) is 0.481. The highest BCUT2D eigenvalue weighted by molar-refractivity contribution is 8.00. The van der Waals surface area contributed by atoms with Crippen molar-refractivity contribution in [2.24, 2.45) is 0 Å². The highest BCUT2D eigenvalue weighted by atomic mass is 32.2. The molecule has 0 heterocycles. The van der Waals surface area contributed by atoms with E-state index < -0.39 is 51.6 Å². The predicted molar refractivity (Wildman–Crippen MR) is 61.0 cm³/mol. The van der Waals surface area contributed by atoms with E-state index in [-0.39, 0.29) is 0 Å². The third kappa shape index (κ3) is 4.78. The summed E-state index contributed by atoms with van der Waals surface area (Å²) in [6.07, 6.45) is 0. The van der Waals surface area contributed by atoms with Crippen LogP contribution in [0.3, 0.4) is 0 Å². The van der Waals surface area contributed by atoms with Crippen LogP contribution < -0.4 is 4.74 Å². The fraction of sp³-hybridized carbons (Fsp3) is 0.273. The lowest BCUT2D eigenvalue weighted by Crippen LogP contribution is -2.10. The number of esters is 1. The number of carbonyl (C=O) groups is 1. The van der Waals surface area contributed by atoms with Gasteiger partial charge in [-0.25, -0.2) is 4.79 Å². The second-order valence-corrected chi connectivity index (χ2v) is 4.45. The Hall–Kier alpha value is -2.02. The summed E-state index contributed by atoms with van der Waals surface area (Å²) >= 11 is -0.717. The molecule has 0 spiro atoms. The Morgan fingerprint density at radius 3 is 2.43 bits per heavy atom. The molecule has 0 atom stereocenters. The van der Waals surface area contributed by atoms with Gasteiger partial charge >= 0.3 is 18.1 Å². The summed E-state index contributed by atoms with van der Waals surface area (Å²) in [5, 5.41) is 8.83. The maximum Gasteiger partial charge on any atom is 0.446 e. The van der Waals surface area contributed by atoms with E-state index in [0.717, 1.165) is 7.11 Å². The number of carbonyl (C=O) groups excluding carboxylic acids is 1. The number of nitriles is 1. The van der Waals surface area contributed by atoms with Gasteiger partial charge in [-0.15, -0.1) is 0 Å². The lowest BCUT2D eigenvalue weighted by Gasteiger charge is -2.13. The second-order valence-electron chi connectivity index (χ2n) is 3.38. The van der Waals surface area contributed by atoms with E-state index in [9.17, 15) is 26.7 Å². The smallest absolute Gasteiger partial charge is 0.446 e. The van der Waals surface area contributed by atoms with E-state index in [2.05, 4.69) is 9.47 Å². The minimum absolute atomic E-state index is 0.617. The SMILES string of the molecule is COC(=O)c1cc(OC(F)F)cc(C#N)c1SC(F)(F)F. The van der Waals surface area contributed by atoms with Gasteiger partial charge in [-0.1, -0.05) is 0 Å². The van der Waals surface area contributed by atoms with Crippen molar-refractivity contribution in [3.63, 3.8) is 0 Å². The second kappa shape index (κ2) is 6.62. The molecular weight excluding hydrogens is 321 g/mol.